The molecule has 0 fully saturated rings. The molecular weight excluding hydrogens is 488 g/mol. The number of hydrogen-bond donors (Lipinski definition) is 0. The molecule has 1 aliphatic heterocycles. The SMILES string of the molecule is CC(=O)OCCOC(=O)CC[C@@H]1N=C(c2ccccn2)c2cc(Br)ccc2-n2c(C)cnc21. The van der Waals surface area contributed by atoms with Gasteiger partial charge in [-0.15, -0.1) is 0 Å². The summed E-state index contributed by atoms with van der Waals surface area (Å²) in [6.45, 7) is 3.37. The Morgan fingerprint density at radius 3 is 2.70 bits per heavy atom. The van der Waals surface area contributed by atoms with Crippen molar-refractivity contribution in [1.29, 1.82) is 0 Å². The number of benzene rings is 1. The number of carbonyl (C=O) groups excluding carboxylic acids is 2. The van der Waals surface area contributed by atoms with E-state index in [0.717, 1.165) is 38.6 Å². The largest absolute Gasteiger partial charge is 0.462 e. The summed E-state index contributed by atoms with van der Waals surface area (Å²) in [6, 6.07) is 11.4. The number of imidazole rings is 1. The highest BCUT2D eigenvalue weighted by molar-refractivity contribution is 9.10. The van der Waals surface area contributed by atoms with Crippen molar-refractivity contribution in [3.63, 3.8) is 0 Å². The molecule has 4 rings (SSSR count). The number of hydrogen-bond acceptors (Lipinski definition) is 7. The van der Waals surface area contributed by atoms with Crippen LogP contribution < -0.4 is 0 Å². The first-order chi connectivity index (χ1) is 15.9. The van der Waals surface area contributed by atoms with Gasteiger partial charge >= 0.3 is 11.9 Å². The van der Waals surface area contributed by atoms with Crippen molar-refractivity contribution in [2.24, 2.45) is 4.99 Å². The van der Waals surface area contributed by atoms with Crippen LogP contribution in [0.3, 0.4) is 0 Å². The molecule has 0 amide bonds. The van der Waals surface area contributed by atoms with Crippen LogP contribution in [0.4, 0.5) is 0 Å². The van der Waals surface area contributed by atoms with Crippen LogP contribution in [0.5, 0.6) is 0 Å². The molecule has 0 unspecified atom stereocenters. The van der Waals surface area contributed by atoms with E-state index in [0.29, 0.717) is 6.42 Å². The summed E-state index contributed by atoms with van der Waals surface area (Å²) in [5, 5.41) is 0. The van der Waals surface area contributed by atoms with Crippen LogP contribution in [-0.4, -0.2) is 45.4 Å². The van der Waals surface area contributed by atoms with Crippen molar-refractivity contribution in [3.05, 3.63) is 76.0 Å². The zero-order valence-corrected chi connectivity index (χ0v) is 19.9. The highest BCUT2D eigenvalue weighted by atomic mass is 79.9. The zero-order chi connectivity index (χ0) is 23.4. The van der Waals surface area contributed by atoms with Crippen LogP contribution >= 0.6 is 15.9 Å². The van der Waals surface area contributed by atoms with Gasteiger partial charge in [-0.05, 0) is 43.7 Å². The van der Waals surface area contributed by atoms with E-state index >= 15 is 0 Å². The van der Waals surface area contributed by atoms with Crippen LogP contribution in [0.1, 0.15) is 48.6 Å². The van der Waals surface area contributed by atoms with E-state index in [9.17, 15) is 9.59 Å². The molecule has 9 heteroatoms. The van der Waals surface area contributed by atoms with Crippen molar-refractivity contribution in [2.75, 3.05) is 13.2 Å². The smallest absolute Gasteiger partial charge is 0.305 e. The summed E-state index contributed by atoms with van der Waals surface area (Å²) in [5.41, 5.74) is 4.34. The summed E-state index contributed by atoms with van der Waals surface area (Å²) in [6.07, 6.45) is 4.11. The molecule has 8 nitrogen and oxygen atoms in total. The van der Waals surface area contributed by atoms with Gasteiger partial charge in [0.1, 0.15) is 25.1 Å². The van der Waals surface area contributed by atoms with Gasteiger partial charge in [0.15, 0.2) is 0 Å². The first-order valence-corrected chi connectivity index (χ1v) is 11.4. The minimum absolute atomic E-state index is 0.0265. The van der Waals surface area contributed by atoms with Gasteiger partial charge in [-0.25, -0.2) is 4.98 Å². The Kier molecular flexibility index (Phi) is 6.98. The monoisotopic (exact) mass is 510 g/mol. The second kappa shape index (κ2) is 10.1. The number of rotatable bonds is 7. The molecule has 0 saturated carbocycles. The normalized spacial score (nSPS) is 14.5. The minimum Gasteiger partial charge on any atom is -0.462 e. The number of esters is 2. The van der Waals surface area contributed by atoms with Gasteiger partial charge in [-0.1, -0.05) is 22.0 Å². The molecule has 170 valence electrons. The highest BCUT2D eigenvalue weighted by Crippen LogP contribution is 2.34. The first kappa shape index (κ1) is 22.8. The van der Waals surface area contributed by atoms with Crippen molar-refractivity contribution >= 4 is 33.6 Å². The van der Waals surface area contributed by atoms with Gasteiger partial charge in [-0.2, -0.15) is 0 Å². The van der Waals surface area contributed by atoms with E-state index in [1.165, 1.54) is 6.92 Å². The van der Waals surface area contributed by atoms with Crippen molar-refractivity contribution in [1.82, 2.24) is 14.5 Å². The molecule has 0 saturated heterocycles. The molecule has 0 bridgehead atoms. The lowest BCUT2D eigenvalue weighted by molar-refractivity contribution is -0.151. The predicted octanol–water partition coefficient (Wildman–Crippen LogP) is 4.12. The molecule has 0 aliphatic carbocycles. The summed E-state index contributed by atoms with van der Waals surface area (Å²) < 4.78 is 13.0. The van der Waals surface area contributed by atoms with E-state index < -0.39 is 5.97 Å². The number of nitrogens with zero attached hydrogens (tertiary/aromatic N) is 4. The number of halogens is 1. The summed E-state index contributed by atoms with van der Waals surface area (Å²) >= 11 is 3.58. The van der Waals surface area contributed by atoms with E-state index in [1.54, 1.807) is 6.20 Å². The molecule has 1 aromatic carbocycles. The minimum atomic E-state index is -0.408. The van der Waals surface area contributed by atoms with Crippen molar-refractivity contribution in [3.8, 4) is 5.69 Å². The second-order valence-corrected chi connectivity index (χ2v) is 8.48. The quantitative estimate of drug-likeness (QED) is 0.350. The zero-order valence-electron chi connectivity index (χ0n) is 18.3. The molecule has 0 radical (unpaired) electrons. The Bertz CT molecular complexity index is 1210. The predicted molar refractivity (Wildman–Crippen MR) is 125 cm³/mol. The third-order valence-corrected chi connectivity index (χ3v) is 5.68. The molecule has 0 spiro atoms. The van der Waals surface area contributed by atoms with E-state index in [4.69, 9.17) is 14.5 Å². The molecule has 3 aromatic rings. The number of pyridine rings is 1. The topological polar surface area (TPSA) is 95.7 Å². The Hall–Kier alpha value is -3.33. The van der Waals surface area contributed by atoms with Crippen LogP contribution in [0.15, 0.2) is 58.3 Å². The summed E-state index contributed by atoms with van der Waals surface area (Å²) in [5.74, 6) is -0.0277. The van der Waals surface area contributed by atoms with Gasteiger partial charge in [0.25, 0.3) is 0 Å². The maximum Gasteiger partial charge on any atom is 0.305 e. The summed E-state index contributed by atoms with van der Waals surface area (Å²) in [4.78, 5) is 37.3. The number of fused-ring (bicyclic) bond motifs is 3. The Morgan fingerprint density at radius 2 is 1.94 bits per heavy atom. The fraction of sp³-hybridized carbons (Fsp3) is 0.292. The van der Waals surface area contributed by atoms with Gasteiger partial charge < -0.3 is 9.47 Å². The Balaban J connectivity index is 1.66. The fourth-order valence-corrected chi connectivity index (χ4v) is 4.11. The van der Waals surface area contributed by atoms with Crippen LogP contribution in [0.25, 0.3) is 5.69 Å². The van der Waals surface area contributed by atoms with E-state index in [1.807, 2.05) is 49.5 Å². The van der Waals surface area contributed by atoms with Gasteiger partial charge in [-0.3, -0.25) is 24.1 Å². The second-order valence-electron chi connectivity index (χ2n) is 7.56. The number of carbonyl (C=O) groups is 2. The molecule has 33 heavy (non-hydrogen) atoms. The van der Waals surface area contributed by atoms with Gasteiger partial charge in [0, 0.05) is 41.5 Å². The fourth-order valence-electron chi connectivity index (χ4n) is 3.75. The number of aromatic nitrogens is 3. The number of aliphatic imine (C=N–C) groups is 1. The average molecular weight is 511 g/mol. The third kappa shape index (κ3) is 5.19. The van der Waals surface area contributed by atoms with Crippen LogP contribution in [0.2, 0.25) is 0 Å². The third-order valence-electron chi connectivity index (χ3n) is 5.18. The standard InChI is InChI=1S/C24H23BrN4O4/c1-15-14-27-24-20(7-9-22(31)33-12-11-32-16(2)30)28-23(19-5-3-4-10-26-19)18-13-17(25)6-8-21(18)29(15)24/h3-6,8,10,13-14,20H,7,9,11-12H2,1-2H3/t20-/m0/s1. The highest BCUT2D eigenvalue weighted by Gasteiger charge is 2.28. The molecular formula is C24H23BrN4O4. The lowest BCUT2D eigenvalue weighted by atomic mass is 10.0. The molecule has 2 aromatic heterocycles. The Morgan fingerprint density at radius 1 is 1.12 bits per heavy atom. The molecule has 0 N–H and O–H groups in total. The van der Waals surface area contributed by atoms with Crippen molar-refractivity contribution in [2.45, 2.75) is 32.7 Å². The van der Waals surface area contributed by atoms with Gasteiger partial charge in [0.05, 0.1) is 17.1 Å². The first-order valence-electron chi connectivity index (χ1n) is 10.6. The maximum absolute atomic E-state index is 12.3. The van der Waals surface area contributed by atoms with Crippen LogP contribution in [-0.2, 0) is 19.1 Å². The van der Waals surface area contributed by atoms with E-state index in [2.05, 4.69) is 30.5 Å². The van der Waals surface area contributed by atoms with E-state index in [-0.39, 0.29) is 31.6 Å². The lowest BCUT2D eigenvalue weighted by Crippen LogP contribution is -2.14. The average Bonchev–Trinajstić information content (AvgIpc) is 3.12. The molecule has 1 atom stereocenters. The van der Waals surface area contributed by atoms with Gasteiger partial charge in [0.2, 0.25) is 0 Å². The molecule has 1 aliphatic rings. The maximum atomic E-state index is 12.3. The Labute approximate surface area is 199 Å². The summed E-state index contributed by atoms with van der Waals surface area (Å²) in [7, 11) is 0. The lowest BCUT2D eigenvalue weighted by Gasteiger charge is -2.14. The molecule has 3 heterocycles. The van der Waals surface area contributed by atoms with Crippen molar-refractivity contribution < 1.29 is 19.1 Å². The number of aryl methyl sites for hydroxylation is 1. The van der Waals surface area contributed by atoms with Crippen LogP contribution in [0, 0.1) is 6.92 Å². The number of ether oxygens (including phenoxy) is 2.